The van der Waals surface area contributed by atoms with E-state index in [1.807, 2.05) is 19.2 Å². The molecule has 1 saturated carbocycles. The van der Waals surface area contributed by atoms with Gasteiger partial charge in [-0.25, -0.2) is 4.98 Å². The molecule has 0 aliphatic heterocycles. The van der Waals surface area contributed by atoms with E-state index >= 15 is 0 Å². The molecule has 1 aromatic heterocycles. The van der Waals surface area contributed by atoms with Crippen LogP contribution in [0.4, 0.5) is 5.82 Å². The smallest absolute Gasteiger partial charge is 0.253 e. The van der Waals surface area contributed by atoms with Gasteiger partial charge in [-0.3, -0.25) is 4.79 Å². The number of aromatic nitrogens is 1. The van der Waals surface area contributed by atoms with Gasteiger partial charge in [-0.2, -0.15) is 5.26 Å². The lowest BCUT2D eigenvalue weighted by Gasteiger charge is -2.63. The molecular weight excluding hydrogens is 424 g/mol. The van der Waals surface area contributed by atoms with Gasteiger partial charge in [-0.05, 0) is 30.7 Å². The summed E-state index contributed by atoms with van der Waals surface area (Å²) < 4.78 is 6.28. The molecule has 0 radical (unpaired) electrons. The number of amides is 1. The molecule has 1 amide bonds. The van der Waals surface area contributed by atoms with Gasteiger partial charge in [0.25, 0.3) is 5.91 Å². The lowest BCUT2D eigenvalue weighted by Crippen LogP contribution is -2.74. The molecule has 1 aromatic carbocycles. The zero-order chi connectivity index (χ0) is 23.7. The number of rotatable bonds is 7. The number of hydrogen-bond donors (Lipinski definition) is 1. The number of nitriles is 1. The minimum atomic E-state index is -0.311. The summed E-state index contributed by atoms with van der Waals surface area (Å²) >= 11 is 6.16. The minimum Gasteiger partial charge on any atom is -0.489 e. The van der Waals surface area contributed by atoms with E-state index in [9.17, 15) is 4.79 Å². The average Bonchev–Trinajstić information content (AvgIpc) is 2.75. The van der Waals surface area contributed by atoms with Gasteiger partial charge in [0.15, 0.2) is 0 Å². The molecular formula is C25H31ClN4O2. The molecule has 1 aliphatic rings. The molecule has 6 nitrogen and oxygen atoms in total. The second kappa shape index (κ2) is 8.99. The van der Waals surface area contributed by atoms with Crippen LogP contribution in [0.5, 0.6) is 5.75 Å². The van der Waals surface area contributed by atoms with Crippen LogP contribution in [-0.4, -0.2) is 36.6 Å². The fourth-order valence-electron chi connectivity index (χ4n) is 5.01. The summed E-state index contributed by atoms with van der Waals surface area (Å²) in [5.41, 5.74) is 0.327. The topological polar surface area (TPSA) is 78.3 Å². The fraction of sp³-hybridized carbons (Fsp3) is 0.480. The van der Waals surface area contributed by atoms with Crippen molar-refractivity contribution >= 4 is 23.3 Å². The standard InChI is InChI=1S/C25H31ClN4O2/c1-7-12-30(6)20-11-9-17(15-28-20)21(31)29-22-24(2,3)23(25(22,4)5)32-18-10-8-16(14-27)19(26)13-18/h8-11,13,15,22-23H,7,12H2,1-6H3,(H,29,31). The van der Waals surface area contributed by atoms with Gasteiger partial charge in [0.05, 0.1) is 16.1 Å². The van der Waals surface area contributed by atoms with Crippen LogP contribution in [0.2, 0.25) is 5.02 Å². The second-order valence-corrected chi connectivity index (χ2v) is 10.0. The average molecular weight is 455 g/mol. The Kier molecular flexibility index (Phi) is 6.71. The van der Waals surface area contributed by atoms with Crippen LogP contribution in [-0.2, 0) is 0 Å². The summed E-state index contributed by atoms with van der Waals surface area (Å²) in [5.74, 6) is 1.32. The highest BCUT2D eigenvalue weighted by molar-refractivity contribution is 6.31. The van der Waals surface area contributed by atoms with Crippen LogP contribution in [0.15, 0.2) is 36.5 Å². The van der Waals surface area contributed by atoms with Gasteiger partial charge >= 0.3 is 0 Å². The Labute approximate surface area is 195 Å². The summed E-state index contributed by atoms with van der Waals surface area (Å²) in [4.78, 5) is 19.5. The monoisotopic (exact) mass is 454 g/mol. The molecule has 0 atom stereocenters. The van der Waals surface area contributed by atoms with Crippen molar-refractivity contribution in [2.45, 2.75) is 53.2 Å². The normalized spacial score (nSPS) is 20.6. The molecule has 0 saturated heterocycles. The van der Waals surface area contributed by atoms with Crippen molar-refractivity contribution in [3.63, 3.8) is 0 Å². The van der Waals surface area contributed by atoms with E-state index in [1.165, 1.54) is 0 Å². The molecule has 2 aromatic rings. The molecule has 1 fully saturated rings. The maximum absolute atomic E-state index is 13.0. The number of benzene rings is 1. The summed E-state index contributed by atoms with van der Waals surface area (Å²) in [7, 11) is 1.99. The Bertz CT molecular complexity index is 1010. The van der Waals surface area contributed by atoms with Crippen molar-refractivity contribution in [3.05, 3.63) is 52.7 Å². The first kappa shape index (κ1) is 23.9. The first-order valence-corrected chi connectivity index (χ1v) is 11.2. The number of nitrogens with one attached hydrogen (secondary N) is 1. The van der Waals surface area contributed by atoms with Gasteiger partial charge in [-0.15, -0.1) is 0 Å². The first-order valence-electron chi connectivity index (χ1n) is 10.9. The van der Waals surface area contributed by atoms with E-state index in [4.69, 9.17) is 21.6 Å². The number of ether oxygens (including phenoxy) is 1. The van der Waals surface area contributed by atoms with Crippen molar-refractivity contribution in [2.75, 3.05) is 18.5 Å². The number of halogens is 1. The van der Waals surface area contributed by atoms with E-state index in [0.29, 0.717) is 21.9 Å². The van der Waals surface area contributed by atoms with Crippen LogP contribution >= 0.6 is 11.6 Å². The molecule has 3 rings (SSSR count). The molecule has 1 heterocycles. The summed E-state index contributed by atoms with van der Waals surface area (Å²) in [6, 6.07) is 10.7. The van der Waals surface area contributed by atoms with Crippen molar-refractivity contribution in [2.24, 2.45) is 10.8 Å². The number of pyridine rings is 1. The second-order valence-electron chi connectivity index (χ2n) is 9.63. The molecule has 0 bridgehead atoms. The van der Waals surface area contributed by atoms with E-state index < -0.39 is 0 Å². The molecule has 32 heavy (non-hydrogen) atoms. The Morgan fingerprint density at radius 3 is 2.47 bits per heavy atom. The van der Waals surface area contributed by atoms with E-state index in [-0.39, 0.29) is 28.9 Å². The highest BCUT2D eigenvalue weighted by Crippen LogP contribution is 2.55. The largest absolute Gasteiger partial charge is 0.489 e. The van der Waals surface area contributed by atoms with Gasteiger partial charge in [0, 0.05) is 42.7 Å². The number of hydrogen-bond acceptors (Lipinski definition) is 5. The highest BCUT2D eigenvalue weighted by Gasteiger charge is 2.64. The Hall–Kier alpha value is -2.78. The predicted molar refractivity (Wildman–Crippen MR) is 127 cm³/mol. The zero-order valence-electron chi connectivity index (χ0n) is 19.6. The van der Waals surface area contributed by atoms with Gasteiger partial charge in [-0.1, -0.05) is 46.2 Å². The van der Waals surface area contributed by atoms with Crippen molar-refractivity contribution in [1.29, 1.82) is 5.26 Å². The minimum absolute atomic E-state index is 0.0937. The van der Waals surface area contributed by atoms with Crippen LogP contribution in [0.1, 0.15) is 57.0 Å². The maximum atomic E-state index is 13.0. The number of carbonyl (C=O) groups is 1. The zero-order valence-corrected chi connectivity index (χ0v) is 20.3. The third kappa shape index (κ3) is 4.40. The fourth-order valence-corrected chi connectivity index (χ4v) is 5.22. The summed E-state index contributed by atoms with van der Waals surface area (Å²) in [6.45, 7) is 11.4. The van der Waals surface area contributed by atoms with E-state index in [2.05, 4.69) is 55.9 Å². The number of anilines is 1. The van der Waals surface area contributed by atoms with Crippen LogP contribution in [0, 0.1) is 22.2 Å². The molecule has 0 unspecified atom stereocenters. The Balaban J connectivity index is 1.71. The highest BCUT2D eigenvalue weighted by atomic mass is 35.5. The lowest BCUT2D eigenvalue weighted by molar-refractivity contribution is -0.164. The third-order valence-corrected chi connectivity index (χ3v) is 6.70. The first-order chi connectivity index (χ1) is 15.0. The van der Waals surface area contributed by atoms with Crippen molar-refractivity contribution in [1.82, 2.24) is 10.3 Å². The summed E-state index contributed by atoms with van der Waals surface area (Å²) in [6.07, 6.45) is 2.51. The summed E-state index contributed by atoms with van der Waals surface area (Å²) in [5, 5.41) is 12.6. The Morgan fingerprint density at radius 2 is 1.94 bits per heavy atom. The number of carbonyl (C=O) groups excluding carboxylic acids is 1. The van der Waals surface area contributed by atoms with Crippen LogP contribution in [0.25, 0.3) is 0 Å². The molecule has 1 aliphatic carbocycles. The Morgan fingerprint density at radius 1 is 1.25 bits per heavy atom. The van der Waals surface area contributed by atoms with Gasteiger partial charge in [0.1, 0.15) is 23.7 Å². The van der Waals surface area contributed by atoms with E-state index in [1.54, 1.807) is 24.4 Å². The third-order valence-electron chi connectivity index (χ3n) is 6.39. The van der Waals surface area contributed by atoms with Crippen molar-refractivity contribution < 1.29 is 9.53 Å². The molecule has 1 N–H and O–H groups in total. The number of nitrogens with zero attached hydrogens (tertiary/aromatic N) is 3. The van der Waals surface area contributed by atoms with Gasteiger partial charge < -0.3 is 15.0 Å². The molecule has 0 spiro atoms. The quantitative estimate of drug-likeness (QED) is 0.632. The van der Waals surface area contributed by atoms with Gasteiger partial charge in [0.2, 0.25) is 0 Å². The molecule has 7 heteroatoms. The SMILES string of the molecule is CCCN(C)c1ccc(C(=O)NC2C(C)(C)C(Oc3ccc(C#N)c(Cl)c3)C2(C)C)cn1. The van der Waals surface area contributed by atoms with Crippen LogP contribution in [0.3, 0.4) is 0 Å². The van der Waals surface area contributed by atoms with E-state index in [0.717, 1.165) is 18.8 Å². The lowest BCUT2D eigenvalue weighted by atomic mass is 9.49. The predicted octanol–water partition coefficient (Wildman–Crippen LogP) is 5.06. The maximum Gasteiger partial charge on any atom is 0.253 e. The van der Waals surface area contributed by atoms with Crippen molar-refractivity contribution in [3.8, 4) is 11.8 Å². The van der Waals surface area contributed by atoms with Crippen LogP contribution < -0.4 is 15.0 Å². The molecule has 170 valence electrons.